The number of fused-ring (bicyclic) bond motifs is 1. The molecule has 114 valence electrons. The molecule has 0 amide bonds. The van der Waals surface area contributed by atoms with Gasteiger partial charge in [-0.05, 0) is 25.0 Å². The van der Waals surface area contributed by atoms with E-state index in [0.717, 1.165) is 35.4 Å². The molecule has 0 fully saturated rings. The zero-order chi connectivity index (χ0) is 15.2. The number of hydrogen-bond acceptors (Lipinski definition) is 4. The Kier molecular flexibility index (Phi) is 5.33. The molecule has 0 aliphatic heterocycles. The maximum Gasteiger partial charge on any atom is 0.165 e. The number of carbonyl (C=O) groups is 1. The van der Waals surface area contributed by atoms with E-state index in [2.05, 4.69) is 22.2 Å². The fourth-order valence-electron chi connectivity index (χ4n) is 2.45. The average Bonchev–Trinajstić information content (AvgIpc) is 2.92. The molecule has 1 heterocycles. The van der Waals surface area contributed by atoms with Crippen molar-refractivity contribution in [2.75, 3.05) is 19.0 Å². The summed E-state index contributed by atoms with van der Waals surface area (Å²) in [6.07, 6.45) is 3.86. The smallest absolute Gasteiger partial charge is 0.165 e. The van der Waals surface area contributed by atoms with Gasteiger partial charge in [0.1, 0.15) is 11.3 Å². The van der Waals surface area contributed by atoms with Crippen molar-refractivity contribution >= 4 is 22.5 Å². The minimum atomic E-state index is 0.149. The predicted molar refractivity (Wildman–Crippen MR) is 84.9 cm³/mol. The summed E-state index contributed by atoms with van der Waals surface area (Å²) in [5.41, 5.74) is 3.21. The van der Waals surface area contributed by atoms with Crippen LogP contribution in [0.1, 0.15) is 48.8 Å². The highest BCUT2D eigenvalue weighted by Crippen LogP contribution is 2.27. The topological polar surface area (TPSA) is 78.0 Å². The van der Waals surface area contributed by atoms with Crippen molar-refractivity contribution in [1.29, 1.82) is 0 Å². The largest absolute Gasteiger partial charge is 0.396 e. The summed E-state index contributed by atoms with van der Waals surface area (Å²) < 4.78 is 0. The Labute approximate surface area is 124 Å². The number of nitrogens with zero attached hydrogens (tertiary/aromatic N) is 1. The summed E-state index contributed by atoms with van der Waals surface area (Å²) in [6.45, 7) is 2.23. The molecule has 0 radical (unpaired) electrons. The molecular weight excluding hydrogens is 266 g/mol. The number of aromatic nitrogens is 2. The first-order chi connectivity index (χ1) is 10.2. The number of unbranched alkanes of at least 4 members (excludes halogenated alkanes) is 1. The lowest BCUT2D eigenvalue weighted by Gasteiger charge is -2.08. The number of aryl methyl sites for hydroxylation is 1. The van der Waals surface area contributed by atoms with Gasteiger partial charge in [0.25, 0.3) is 0 Å². The van der Waals surface area contributed by atoms with Crippen molar-refractivity contribution in [3.8, 4) is 0 Å². The molecule has 5 nitrogen and oxygen atoms in total. The van der Waals surface area contributed by atoms with E-state index in [1.165, 1.54) is 0 Å². The number of rotatable bonds is 8. The third-order valence-corrected chi connectivity index (χ3v) is 3.58. The van der Waals surface area contributed by atoms with Gasteiger partial charge in [0.05, 0.1) is 11.2 Å². The fourth-order valence-corrected chi connectivity index (χ4v) is 2.45. The number of hydrogen-bond donors (Lipinski definition) is 3. The first-order valence-corrected chi connectivity index (χ1v) is 7.54. The number of Topliss-reactive ketones (excluding diaryl/α,β-unsaturated/α-hetero) is 1. The molecule has 0 spiro atoms. The molecular formula is C16H23N3O2. The molecule has 0 bridgehead atoms. The monoisotopic (exact) mass is 289 g/mol. The molecule has 5 heteroatoms. The third kappa shape index (κ3) is 3.42. The number of benzene rings is 1. The van der Waals surface area contributed by atoms with E-state index in [9.17, 15) is 4.79 Å². The Morgan fingerprint density at radius 3 is 2.86 bits per heavy atom. The summed E-state index contributed by atoms with van der Waals surface area (Å²) in [5.74, 6) is 0.997. The van der Waals surface area contributed by atoms with Gasteiger partial charge in [-0.15, -0.1) is 0 Å². The SMILES string of the molecule is CCCCC(=O)c1ccc2[nH]c(CCCO)nc2c1NC. The van der Waals surface area contributed by atoms with Gasteiger partial charge in [0.15, 0.2) is 5.78 Å². The lowest BCUT2D eigenvalue weighted by atomic mass is 10.0. The quantitative estimate of drug-likeness (QED) is 0.653. The van der Waals surface area contributed by atoms with Gasteiger partial charge in [-0.2, -0.15) is 0 Å². The highest BCUT2D eigenvalue weighted by molar-refractivity contribution is 6.07. The van der Waals surface area contributed by atoms with Crippen molar-refractivity contribution in [3.05, 3.63) is 23.5 Å². The van der Waals surface area contributed by atoms with Crippen LogP contribution < -0.4 is 5.32 Å². The van der Waals surface area contributed by atoms with Crippen LogP contribution in [0.5, 0.6) is 0 Å². The number of aliphatic hydroxyl groups is 1. The van der Waals surface area contributed by atoms with E-state index in [1.54, 1.807) is 0 Å². The number of anilines is 1. The van der Waals surface area contributed by atoms with Crippen LogP contribution in [0.2, 0.25) is 0 Å². The van der Waals surface area contributed by atoms with Crippen molar-refractivity contribution in [2.45, 2.75) is 39.0 Å². The van der Waals surface area contributed by atoms with Gasteiger partial charge in [-0.25, -0.2) is 4.98 Å². The minimum Gasteiger partial charge on any atom is -0.396 e. The van der Waals surface area contributed by atoms with E-state index in [0.29, 0.717) is 24.8 Å². The van der Waals surface area contributed by atoms with Crippen molar-refractivity contribution < 1.29 is 9.90 Å². The van der Waals surface area contributed by atoms with Crippen LogP contribution in [0.25, 0.3) is 11.0 Å². The summed E-state index contributed by atoms with van der Waals surface area (Å²) in [7, 11) is 1.81. The first-order valence-electron chi connectivity index (χ1n) is 7.54. The molecule has 0 aliphatic rings. The molecule has 0 atom stereocenters. The van der Waals surface area contributed by atoms with Gasteiger partial charge in [-0.3, -0.25) is 4.79 Å². The second-order valence-electron chi connectivity index (χ2n) is 5.17. The van der Waals surface area contributed by atoms with Crippen LogP contribution in [0, 0.1) is 0 Å². The number of ketones is 1. The maximum atomic E-state index is 12.3. The van der Waals surface area contributed by atoms with Gasteiger partial charge >= 0.3 is 0 Å². The van der Waals surface area contributed by atoms with Crippen molar-refractivity contribution in [1.82, 2.24) is 9.97 Å². The normalized spacial score (nSPS) is 11.0. The molecule has 21 heavy (non-hydrogen) atoms. The van der Waals surface area contributed by atoms with Crippen LogP contribution >= 0.6 is 0 Å². The molecule has 0 aliphatic carbocycles. The Bertz CT molecular complexity index is 619. The van der Waals surface area contributed by atoms with E-state index >= 15 is 0 Å². The molecule has 1 aromatic carbocycles. The zero-order valence-corrected chi connectivity index (χ0v) is 12.7. The van der Waals surface area contributed by atoms with Crippen LogP contribution in [0.3, 0.4) is 0 Å². The van der Waals surface area contributed by atoms with Gasteiger partial charge in [0, 0.05) is 32.1 Å². The summed E-state index contributed by atoms with van der Waals surface area (Å²) >= 11 is 0. The summed E-state index contributed by atoms with van der Waals surface area (Å²) in [6, 6.07) is 3.77. The summed E-state index contributed by atoms with van der Waals surface area (Å²) in [5, 5.41) is 12.0. The Balaban J connectivity index is 2.37. The lowest BCUT2D eigenvalue weighted by Crippen LogP contribution is -2.04. The Morgan fingerprint density at radius 2 is 2.19 bits per heavy atom. The minimum absolute atomic E-state index is 0.149. The highest BCUT2D eigenvalue weighted by Gasteiger charge is 2.15. The Morgan fingerprint density at radius 1 is 1.38 bits per heavy atom. The van der Waals surface area contributed by atoms with Crippen LogP contribution in [-0.4, -0.2) is 34.5 Å². The maximum absolute atomic E-state index is 12.3. The number of H-pyrrole nitrogens is 1. The number of aliphatic hydroxyl groups excluding tert-OH is 1. The average molecular weight is 289 g/mol. The van der Waals surface area contributed by atoms with E-state index in [1.807, 2.05) is 19.2 Å². The molecule has 2 aromatic rings. The molecule has 3 N–H and O–H groups in total. The second kappa shape index (κ2) is 7.22. The number of nitrogens with one attached hydrogen (secondary N) is 2. The fraction of sp³-hybridized carbons (Fsp3) is 0.500. The van der Waals surface area contributed by atoms with Crippen LogP contribution in [0.15, 0.2) is 12.1 Å². The number of carbonyl (C=O) groups excluding carboxylic acids is 1. The van der Waals surface area contributed by atoms with Gasteiger partial charge in [0.2, 0.25) is 0 Å². The second-order valence-corrected chi connectivity index (χ2v) is 5.17. The van der Waals surface area contributed by atoms with Crippen LogP contribution in [-0.2, 0) is 6.42 Å². The van der Waals surface area contributed by atoms with E-state index < -0.39 is 0 Å². The molecule has 1 aromatic heterocycles. The number of aromatic amines is 1. The Hall–Kier alpha value is -1.88. The predicted octanol–water partition coefficient (Wildman–Crippen LogP) is 2.90. The van der Waals surface area contributed by atoms with Crippen molar-refractivity contribution in [3.63, 3.8) is 0 Å². The molecule has 0 saturated heterocycles. The molecule has 0 saturated carbocycles. The van der Waals surface area contributed by atoms with Gasteiger partial charge < -0.3 is 15.4 Å². The molecule has 2 rings (SSSR count). The standard InChI is InChI=1S/C16H23N3O2/c1-3-4-6-13(21)11-8-9-12-16(15(11)17-2)19-14(18-12)7-5-10-20/h8-9,17,20H,3-7,10H2,1-2H3,(H,18,19). The van der Waals surface area contributed by atoms with Gasteiger partial charge in [-0.1, -0.05) is 13.3 Å². The number of imidazole rings is 1. The van der Waals surface area contributed by atoms with Crippen molar-refractivity contribution in [2.24, 2.45) is 0 Å². The summed E-state index contributed by atoms with van der Waals surface area (Å²) in [4.78, 5) is 20.1. The third-order valence-electron chi connectivity index (χ3n) is 3.58. The van der Waals surface area contributed by atoms with Crippen LogP contribution in [0.4, 0.5) is 5.69 Å². The molecule has 0 unspecified atom stereocenters. The van der Waals surface area contributed by atoms with E-state index in [4.69, 9.17) is 5.11 Å². The first kappa shape index (κ1) is 15.5. The zero-order valence-electron chi connectivity index (χ0n) is 12.7. The highest BCUT2D eigenvalue weighted by atomic mass is 16.2. The lowest BCUT2D eigenvalue weighted by molar-refractivity contribution is 0.0980. The van der Waals surface area contributed by atoms with E-state index in [-0.39, 0.29) is 12.4 Å².